The smallest absolute Gasteiger partial charge is 0.284 e. The maximum atomic E-state index is 13.5. The van der Waals surface area contributed by atoms with Gasteiger partial charge in [-0.05, 0) is 45.3 Å². The molecule has 0 aliphatic carbocycles. The third-order valence-electron chi connectivity index (χ3n) is 3.57. The fourth-order valence-corrected chi connectivity index (χ4v) is 3.67. The summed E-state index contributed by atoms with van der Waals surface area (Å²) in [5, 5.41) is 0. The summed E-state index contributed by atoms with van der Waals surface area (Å²) in [6.07, 6.45) is 3.12. The van der Waals surface area contributed by atoms with Gasteiger partial charge in [0.25, 0.3) is 5.91 Å². The number of nitrogens with one attached hydrogen (secondary N) is 1. The van der Waals surface area contributed by atoms with Gasteiger partial charge in [-0.3, -0.25) is 4.79 Å². The zero-order chi connectivity index (χ0) is 18.9. The molecule has 3 aromatic rings. The van der Waals surface area contributed by atoms with E-state index in [1.165, 1.54) is 18.3 Å². The number of carbonyl (C=O) groups excluding carboxylic acids is 1. The van der Waals surface area contributed by atoms with Crippen LogP contribution in [0.4, 0.5) is 4.39 Å². The first-order chi connectivity index (χ1) is 12.3. The van der Waals surface area contributed by atoms with Gasteiger partial charge in [0, 0.05) is 18.9 Å². The molecule has 1 amide bonds. The molecule has 0 fully saturated rings. The van der Waals surface area contributed by atoms with Crippen molar-refractivity contribution in [1.29, 1.82) is 0 Å². The number of aromatic nitrogens is 2. The summed E-state index contributed by atoms with van der Waals surface area (Å²) in [5.41, 5.74) is 7.05. The summed E-state index contributed by atoms with van der Waals surface area (Å²) in [7, 11) is -4.01. The highest BCUT2D eigenvalue weighted by atomic mass is 79.9. The maximum Gasteiger partial charge on any atom is 0.284 e. The molecule has 0 atom stereocenters. The van der Waals surface area contributed by atoms with Crippen molar-refractivity contribution in [2.75, 3.05) is 0 Å². The lowest BCUT2D eigenvalue weighted by Crippen LogP contribution is -2.31. The molecule has 0 aliphatic heterocycles. The van der Waals surface area contributed by atoms with E-state index in [0.717, 1.165) is 11.6 Å². The molecule has 3 rings (SSSR count). The number of halogens is 2. The van der Waals surface area contributed by atoms with Crippen LogP contribution in [0, 0.1) is 5.82 Å². The molecular weight excluding hydrogens is 427 g/mol. The van der Waals surface area contributed by atoms with E-state index in [2.05, 4.69) is 20.9 Å². The molecule has 0 spiro atoms. The van der Waals surface area contributed by atoms with Crippen molar-refractivity contribution < 1.29 is 17.6 Å². The summed E-state index contributed by atoms with van der Waals surface area (Å²) in [5.74, 6) is -1.98. The van der Waals surface area contributed by atoms with Crippen molar-refractivity contribution >= 4 is 37.5 Å². The van der Waals surface area contributed by atoms with E-state index in [1.54, 1.807) is 22.7 Å². The Morgan fingerprint density at radius 3 is 2.65 bits per heavy atom. The van der Waals surface area contributed by atoms with Gasteiger partial charge in [0.2, 0.25) is 10.0 Å². The average Bonchev–Trinajstić information content (AvgIpc) is 3.00. The van der Waals surface area contributed by atoms with Crippen LogP contribution in [-0.2, 0) is 22.3 Å². The molecule has 1 aromatic carbocycles. The zero-order valence-corrected chi connectivity index (χ0v) is 15.7. The van der Waals surface area contributed by atoms with Gasteiger partial charge >= 0.3 is 0 Å². The van der Waals surface area contributed by atoms with Crippen molar-refractivity contribution in [2.45, 2.75) is 12.3 Å². The lowest BCUT2D eigenvalue weighted by Gasteiger charge is -2.06. The Labute approximate surface area is 157 Å². The molecule has 2 heterocycles. The van der Waals surface area contributed by atoms with Crippen molar-refractivity contribution in [3.63, 3.8) is 0 Å². The fourth-order valence-electron chi connectivity index (χ4n) is 2.35. The Kier molecular flexibility index (Phi) is 5.08. The Bertz CT molecular complexity index is 1100. The summed E-state index contributed by atoms with van der Waals surface area (Å²) >= 11 is 2.99. The highest BCUT2D eigenvalue weighted by Gasteiger charge is 2.19. The van der Waals surface area contributed by atoms with E-state index in [4.69, 9.17) is 5.73 Å². The summed E-state index contributed by atoms with van der Waals surface area (Å²) < 4.78 is 41.6. The lowest BCUT2D eigenvalue weighted by molar-refractivity contribution is 0.0977. The number of hydrogen-bond acceptors (Lipinski definition) is 5. The second-order valence-electron chi connectivity index (χ2n) is 5.57. The van der Waals surface area contributed by atoms with Crippen LogP contribution in [0.2, 0.25) is 0 Å². The molecule has 0 saturated carbocycles. The first-order valence-corrected chi connectivity index (χ1v) is 9.88. The van der Waals surface area contributed by atoms with Crippen LogP contribution in [-0.4, -0.2) is 23.7 Å². The number of sulfonamides is 1. The second kappa shape index (κ2) is 7.14. The van der Waals surface area contributed by atoms with E-state index in [-0.39, 0.29) is 15.7 Å². The predicted molar refractivity (Wildman–Crippen MR) is 97.3 cm³/mol. The molecule has 26 heavy (non-hydrogen) atoms. The van der Waals surface area contributed by atoms with Crippen LogP contribution in [0.5, 0.6) is 0 Å². The van der Waals surface area contributed by atoms with Crippen LogP contribution >= 0.6 is 15.9 Å². The molecular formula is C16H14BrFN4O3S. The lowest BCUT2D eigenvalue weighted by atomic mass is 10.2. The normalized spacial score (nSPS) is 11.7. The third kappa shape index (κ3) is 4.09. The minimum absolute atomic E-state index is 0.0512. The number of imidazole rings is 1. The zero-order valence-electron chi connectivity index (χ0n) is 13.3. The molecule has 136 valence electrons. The first kappa shape index (κ1) is 18.5. The molecule has 0 unspecified atom stereocenters. The number of hydrogen-bond donors (Lipinski definition) is 2. The molecule has 0 radical (unpaired) electrons. The summed E-state index contributed by atoms with van der Waals surface area (Å²) in [6.45, 7) is 0.327. The Balaban J connectivity index is 1.78. The van der Waals surface area contributed by atoms with E-state index in [9.17, 15) is 17.6 Å². The number of amides is 1. The first-order valence-electron chi connectivity index (χ1n) is 7.44. The largest absolute Gasteiger partial charge is 0.326 e. The number of rotatable bonds is 5. The number of carbonyl (C=O) groups is 1. The van der Waals surface area contributed by atoms with Crippen molar-refractivity contribution in [1.82, 2.24) is 14.1 Å². The van der Waals surface area contributed by atoms with E-state index >= 15 is 0 Å². The Hall–Kier alpha value is -2.30. The number of nitrogens with two attached hydrogens (primary N) is 1. The van der Waals surface area contributed by atoms with Gasteiger partial charge in [-0.25, -0.2) is 22.5 Å². The summed E-state index contributed by atoms with van der Waals surface area (Å²) in [6, 6.07) is 7.39. The number of fused-ring (bicyclic) bond motifs is 1. The standard InChI is InChI=1S/C16H14BrFN4O3S/c17-12-3-1-10(5-13(12)18)9-26(24,25)21-16(23)14-8-22-7-11(6-19)2-4-15(22)20-14/h1-5,7-8H,6,9,19H2,(H,21,23). The molecule has 10 heteroatoms. The topological polar surface area (TPSA) is 107 Å². The van der Waals surface area contributed by atoms with Crippen LogP contribution in [0.1, 0.15) is 21.6 Å². The Morgan fingerprint density at radius 1 is 1.23 bits per heavy atom. The maximum absolute atomic E-state index is 13.5. The number of pyridine rings is 1. The van der Waals surface area contributed by atoms with Crippen LogP contribution in [0.15, 0.2) is 47.2 Å². The number of benzene rings is 1. The SMILES string of the molecule is NCc1ccc2nc(C(=O)NS(=O)(=O)Cc3ccc(Br)c(F)c3)cn2c1. The molecule has 2 aromatic heterocycles. The van der Waals surface area contributed by atoms with Gasteiger partial charge in [-0.15, -0.1) is 0 Å². The van der Waals surface area contributed by atoms with Gasteiger partial charge in [-0.2, -0.15) is 0 Å². The van der Waals surface area contributed by atoms with Crippen molar-refractivity contribution in [2.24, 2.45) is 5.73 Å². The molecule has 0 aliphatic rings. The van der Waals surface area contributed by atoms with Crippen LogP contribution < -0.4 is 10.5 Å². The fraction of sp³-hybridized carbons (Fsp3) is 0.125. The van der Waals surface area contributed by atoms with Gasteiger partial charge in [0.1, 0.15) is 17.2 Å². The minimum Gasteiger partial charge on any atom is -0.326 e. The second-order valence-corrected chi connectivity index (χ2v) is 8.15. The van der Waals surface area contributed by atoms with E-state index < -0.39 is 27.5 Å². The molecule has 3 N–H and O–H groups in total. The minimum atomic E-state index is -4.01. The highest BCUT2D eigenvalue weighted by molar-refractivity contribution is 9.10. The van der Waals surface area contributed by atoms with Gasteiger partial charge in [-0.1, -0.05) is 12.1 Å². The van der Waals surface area contributed by atoms with Gasteiger partial charge in [0.15, 0.2) is 0 Å². The van der Waals surface area contributed by atoms with Crippen LogP contribution in [0.3, 0.4) is 0 Å². The average molecular weight is 441 g/mol. The van der Waals surface area contributed by atoms with Gasteiger partial charge < -0.3 is 10.1 Å². The van der Waals surface area contributed by atoms with Gasteiger partial charge in [0.05, 0.1) is 10.2 Å². The van der Waals surface area contributed by atoms with Crippen molar-refractivity contribution in [3.05, 3.63) is 69.8 Å². The van der Waals surface area contributed by atoms with E-state index in [0.29, 0.717) is 12.2 Å². The monoisotopic (exact) mass is 440 g/mol. The highest BCUT2D eigenvalue weighted by Crippen LogP contribution is 2.17. The molecule has 7 nitrogen and oxygen atoms in total. The molecule has 0 bridgehead atoms. The van der Waals surface area contributed by atoms with E-state index in [1.807, 2.05) is 4.72 Å². The van der Waals surface area contributed by atoms with Crippen LogP contribution in [0.25, 0.3) is 5.65 Å². The molecule has 0 saturated heterocycles. The summed E-state index contributed by atoms with van der Waals surface area (Å²) in [4.78, 5) is 16.3. The number of nitrogens with zero attached hydrogens (tertiary/aromatic N) is 2. The van der Waals surface area contributed by atoms with Crippen molar-refractivity contribution in [3.8, 4) is 0 Å². The third-order valence-corrected chi connectivity index (χ3v) is 5.42. The quantitative estimate of drug-likeness (QED) is 0.630. The Morgan fingerprint density at radius 2 is 1.96 bits per heavy atom. The predicted octanol–water partition coefficient (Wildman–Crippen LogP) is 1.95.